The highest BCUT2D eigenvalue weighted by Gasteiger charge is 2.23. The number of carbonyl (C=O) groups excluding carboxylic acids is 1. The third kappa shape index (κ3) is 8.24. The van der Waals surface area contributed by atoms with Gasteiger partial charge in [-0.2, -0.15) is 0 Å². The molecule has 1 unspecified atom stereocenters. The summed E-state index contributed by atoms with van der Waals surface area (Å²) in [6, 6.07) is 8.22. The van der Waals surface area contributed by atoms with Crippen LogP contribution in [0.5, 0.6) is 0 Å². The summed E-state index contributed by atoms with van der Waals surface area (Å²) in [4.78, 5) is 40.1. The lowest BCUT2D eigenvalue weighted by Gasteiger charge is -2.19. The van der Waals surface area contributed by atoms with Gasteiger partial charge in [0.15, 0.2) is 0 Å². The number of carbonyl (C=O) groups is 2. The van der Waals surface area contributed by atoms with Crippen molar-refractivity contribution in [3.05, 3.63) is 35.9 Å². The SMILES string of the molecule is O=C(O)CCC(=O)NC(Cc1ccccc1)CP(=O)(O)O. The number of nitrogens with one attached hydrogen (secondary N) is 1. The van der Waals surface area contributed by atoms with E-state index >= 15 is 0 Å². The van der Waals surface area contributed by atoms with E-state index in [2.05, 4.69) is 5.32 Å². The fraction of sp³-hybridized carbons (Fsp3) is 0.385. The van der Waals surface area contributed by atoms with E-state index in [1.807, 2.05) is 6.07 Å². The maximum Gasteiger partial charge on any atom is 0.327 e. The molecule has 1 atom stereocenters. The molecule has 0 aromatic heterocycles. The van der Waals surface area contributed by atoms with Gasteiger partial charge in [-0.1, -0.05) is 30.3 Å². The molecular weight excluding hydrogens is 297 g/mol. The van der Waals surface area contributed by atoms with E-state index in [9.17, 15) is 14.2 Å². The minimum Gasteiger partial charge on any atom is -0.481 e. The van der Waals surface area contributed by atoms with E-state index in [-0.39, 0.29) is 19.3 Å². The Labute approximate surface area is 122 Å². The molecule has 1 aromatic carbocycles. The normalized spacial score (nSPS) is 12.7. The van der Waals surface area contributed by atoms with Crippen molar-refractivity contribution >= 4 is 19.5 Å². The van der Waals surface area contributed by atoms with Crippen LogP contribution in [0.2, 0.25) is 0 Å². The van der Waals surface area contributed by atoms with Gasteiger partial charge < -0.3 is 20.2 Å². The molecule has 0 heterocycles. The van der Waals surface area contributed by atoms with Crippen LogP contribution in [-0.4, -0.2) is 39.0 Å². The Hall–Kier alpha value is -1.69. The van der Waals surface area contributed by atoms with E-state index in [1.54, 1.807) is 24.3 Å². The number of carboxylic acid groups (broad SMARTS) is 1. The molecule has 0 spiro atoms. The van der Waals surface area contributed by atoms with Crippen LogP contribution in [-0.2, 0) is 20.6 Å². The summed E-state index contributed by atoms with van der Waals surface area (Å²) in [5.74, 6) is -1.63. The molecular formula is C13H18NO6P. The molecule has 4 N–H and O–H groups in total. The topological polar surface area (TPSA) is 124 Å². The maximum absolute atomic E-state index is 11.6. The smallest absolute Gasteiger partial charge is 0.327 e. The van der Waals surface area contributed by atoms with Crippen molar-refractivity contribution in [3.63, 3.8) is 0 Å². The quantitative estimate of drug-likeness (QED) is 0.525. The van der Waals surface area contributed by atoms with Crippen molar-refractivity contribution < 1.29 is 29.0 Å². The fourth-order valence-corrected chi connectivity index (χ4v) is 2.66. The average Bonchev–Trinajstić information content (AvgIpc) is 2.35. The third-order valence-corrected chi connectivity index (χ3v) is 3.63. The summed E-state index contributed by atoms with van der Waals surface area (Å²) in [5.41, 5.74) is 0.828. The van der Waals surface area contributed by atoms with Crippen LogP contribution in [0.1, 0.15) is 18.4 Å². The molecule has 0 saturated carbocycles. The summed E-state index contributed by atoms with van der Waals surface area (Å²) >= 11 is 0. The largest absolute Gasteiger partial charge is 0.481 e. The molecule has 0 bridgehead atoms. The zero-order chi connectivity index (χ0) is 15.9. The molecule has 0 aliphatic carbocycles. The van der Waals surface area contributed by atoms with Gasteiger partial charge >= 0.3 is 13.6 Å². The molecule has 0 fully saturated rings. The van der Waals surface area contributed by atoms with Gasteiger partial charge in [0.25, 0.3) is 0 Å². The van der Waals surface area contributed by atoms with Crippen molar-refractivity contribution in [2.24, 2.45) is 0 Å². The van der Waals surface area contributed by atoms with Crippen LogP contribution in [0, 0.1) is 0 Å². The molecule has 0 radical (unpaired) electrons. The monoisotopic (exact) mass is 315 g/mol. The van der Waals surface area contributed by atoms with Crippen LogP contribution < -0.4 is 5.32 Å². The van der Waals surface area contributed by atoms with Gasteiger partial charge in [-0.05, 0) is 12.0 Å². The maximum atomic E-state index is 11.6. The summed E-state index contributed by atoms with van der Waals surface area (Å²) in [5, 5.41) is 11.0. The molecule has 116 valence electrons. The molecule has 1 rings (SSSR count). The number of carboxylic acids is 1. The first-order valence-corrected chi connectivity index (χ1v) is 8.15. The van der Waals surface area contributed by atoms with Gasteiger partial charge in [-0.3, -0.25) is 14.2 Å². The van der Waals surface area contributed by atoms with E-state index in [0.29, 0.717) is 0 Å². The number of hydrogen-bond donors (Lipinski definition) is 4. The number of aliphatic carboxylic acids is 1. The van der Waals surface area contributed by atoms with Crippen LogP contribution >= 0.6 is 7.60 Å². The summed E-state index contributed by atoms with van der Waals surface area (Å²) in [6.45, 7) is 0. The van der Waals surface area contributed by atoms with Crippen molar-refractivity contribution in [3.8, 4) is 0 Å². The number of amides is 1. The van der Waals surface area contributed by atoms with E-state index in [4.69, 9.17) is 14.9 Å². The van der Waals surface area contributed by atoms with Crippen LogP contribution in [0.15, 0.2) is 30.3 Å². The van der Waals surface area contributed by atoms with E-state index < -0.39 is 31.7 Å². The Morgan fingerprint density at radius 1 is 1.14 bits per heavy atom. The first-order valence-electron chi connectivity index (χ1n) is 6.36. The van der Waals surface area contributed by atoms with Gasteiger partial charge in [0.05, 0.1) is 12.6 Å². The predicted octanol–water partition coefficient (Wildman–Crippen LogP) is 0.756. The van der Waals surface area contributed by atoms with Crippen molar-refractivity contribution in [2.75, 3.05) is 6.16 Å². The second kappa shape index (κ2) is 7.93. The number of rotatable bonds is 8. The minimum atomic E-state index is -4.28. The summed E-state index contributed by atoms with van der Waals surface area (Å²) < 4.78 is 11.1. The zero-order valence-corrected chi connectivity index (χ0v) is 12.2. The molecule has 0 aliphatic heterocycles. The lowest BCUT2D eigenvalue weighted by Crippen LogP contribution is -2.39. The first kappa shape index (κ1) is 17.4. The van der Waals surface area contributed by atoms with Crippen molar-refractivity contribution in [1.82, 2.24) is 5.32 Å². The highest BCUT2D eigenvalue weighted by atomic mass is 31.2. The Morgan fingerprint density at radius 2 is 1.76 bits per heavy atom. The molecule has 21 heavy (non-hydrogen) atoms. The first-order chi connectivity index (χ1) is 9.76. The molecule has 7 nitrogen and oxygen atoms in total. The Bertz CT molecular complexity index is 527. The Balaban J connectivity index is 2.66. The second-order valence-corrected chi connectivity index (χ2v) is 6.39. The minimum absolute atomic E-state index is 0.220. The van der Waals surface area contributed by atoms with Crippen LogP contribution in [0.3, 0.4) is 0 Å². The van der Waals surface area contributed by atoms with E-state index in [1.165, 1.54) is 0 Å². The molecule has 8 heteroatoms. The number of benzene rings is 1. The standard InChI is InChI=1S/C13H18NO6P/c15-12(6-7-13(16)17)14-11(9-21(18,19)20)8-10-4-2-1-3-5-10/h1-5,11H,6-9H2,(H,14,15)(H,16,17)(H2,18,19,20). The second-order valence-electron chi connectivity index (χ2n) is 4.70. The van der Waals surface area contributed by atoms with Gasteiger partial charge in [0.1, 0.15) is 0 Å². The molecule has 0 saturated heterocycles. The summed E-state index contributed by atoms with van der Waals surface area (Å²) in [6.07, 6.45) is -0.757. The van der Waals surface area contributed by atoms with E-state index in [0.717, 1.165) is 5.56 Å². The highest BCUT2D eigenvalue weighted by molar-refractivity contribution is 7.51. The lowest BCUT2D eigenvalue weighted by molar-refractivity contribution is -0.138. The van der Waals surface area contributed by atoms with Crippen molar-refractivity contribution in [2.45, 2.75) is 25.3 Å². The average molecular weight is 315 g/mol. The number of hydrogen-bond acceptors (Lipinski definition) is 3. The van der Waals surface area contributed by atoms with Crippen LogP contribution in [0.25, 0.3) is 0 Å². The molecule has 0 aliphatic rings. The van der Waals surface area contributed by atoms with Gasteiger partial charge in [0, 0.05) is 12.5 Å². The molecule has 1 amide bonds. The summed E-state index contributed by atoms with van der Waals surface area (Å²) in [7, 11) is -4.28. The Morgan fingerprint density at radius 3 is 2.29 bits per heavy atom. The zero-order valence-electron chi connectivity index (χ0n) is 11.3. The third-order valence-electron chi connectivity index (χ3n) is 2.71. The van der Waals surface area contributed by atoms with Gasteiger partial charge in [-0.25, -0.2) is 0 Å². The molecule has 1 aromatic rings. The fourth-order valence-electron chi connectivity index (χ4n) is 1.87. The van der Waals surface area contributed by atoms with Crippen molar-refractivity contribution in [1.29, 1.82) is 0 Å². The predicted molar refractivity (Wildman–Crippen MR) is 75.9 cm³/mol. The van der Waals surface area contributed by atoms with Crippen LogP contribution in [0.4, 0.5) is 0 Å². The lowest BCUT2D eigenvalue weighted by atomic mass is 10.1. The highest BCUT2D eigenvalue weighted by Crippen LogP contribution is 2.35. The van der Waals surface area contributed by atoms with Gasteiger partial charge in [0.2, 0.25) is 5.91 Å². The Kier molecular flexibility index (Phi) is 6.55. The van der Waals surface area contributed by atoms with Gasteiger partial charge in [-0.15, -0.1) is 0 Å².